The Morgan fingerprint density at radius 2 is 1.20 bits per heavy atom. The standard InChI is InChI=1S/C13H12.C8H6O2.C6H7N/c1-3-7-12(8-4-1)11-13-9-5-2-6-10-13;9-8-7-4-2-1-3-6(7)5-10-8;1-2-4-6-7-5-3-1/h1-10H,11H2;1-4H,5H2;1-7H. The Hall–Kier alpha value is -3.85. The Kier molecular flexibility index (Phi) is 8.26. The average molecular weight is 396 g/mol. The van der Waals surface area contributed by atoms with Gasteiger partial charge in [-0.05, 0) is 35.8 Å². The number of rotatable bonds is 2. The lowest BCUT2D eigenvalue weighted by Crippen LogP contribution is -1.91. The number of benzene rings is 3. The van der Waals surface area contributed by atoms with Crippen LogP contribution in [0, 0.1) is 0 Å². The van der Waals surface area contributed by atoms with Crippen LogP contribution < -0.4 is 5.32 Å². The molecule has 1 N–H and O–H groups in total. The lowest BCUT2D eigenvalue weighted by Gasteiger charge is -2.00. The molecule has 3 aromatic carbocycles. The van der Waals surface area contributed by atoms with Crippen LogP contribution in [0.3, 0.4) is 0 Å². The van der Waals surface area contributed by atoms with Crippen LogP contribution in [-0.4, -0.2) is 5.97 Å². The van der Waals surface area contributed by atoms with Gasteiger partial charge in [0.15, 0.2) is 0 Å². The molecule has 0 bridgehead atoms. The molecule has 3 nitrogen and oxygen atoms in total. The van der Waals surface area contributed by atoms with E-state index in [9.17, 15) is 4.79 Å². The highest BCUT2D eigenvalue weighted by molar-refractivity contribution is 5.93. The molecule has 0 amide bonds. The van der Waals surface area contributed by atoms with E-state index >= 15 is 0 Å². The van der Waals surface area contributed by atoms with Crippen LogP contribution >= 0.6 is 0 Å². The fraction of sp³-hybridized carbons (Fsp3) is 0.0741. The zero-order chi connectivity index (χ0) is 20.9. The molecule has 0 unspecified atom stereocenters. The van der Waals surface area contributed by atoms with Crippen LogP contribution in [0.15, 0.2) is 122 Å². The van der Waals surface area contributed by atoms with Gasteiger partial charge in [-0.25, -0.2) is 4.79 Å². The van der Waals surface area contributed by atoms with Gasteiger partial charge in [0, 0.05) is 18.0 Å². The molecule has 150 valence electrons. The fourth-order valence-electron chi connectivity index (χ4n) is 2.90. The number of allylic oxidation sites excluding steroid dienone is 4. The normalized spacial score (nSPS) is 12.9. The van der Waals surface area contributed by atoms with E-state index in [-0.39, 0.29) is 5.97 Å². The third-order valence-electron chi connectivity index (χ3n) is 4.41. The molecule has 2 heterocycles. The van der Waals surface area contributed by atoms with Crippen molar-refractivity contribution in [1.82, 2.24) is 5.32 Å². The van der Waals surface area contributed by atoms with Gasteiger partial charge in [0.1, 0.15) is 6.61 Å². The molecular weight excluding hydrogens is 370 g/mol. The third kappa shape index (κ3) is 6.95. The van der Waals surface area contributed by atoms with Crippen molar-refractivity contribution < 1.29 is 9.53 Å². The van der Waals surface area contributed by atoms with Crippen molar-refractivity contribution in [2.45, 2.75) is 13.0 Å². The number of hydrogen-bond acceptors (Lipinski definition) is 3. The summed E-state index contributed by atoms with van der Waals surface area (Å²) in [5.41, 5.74) is 4.44. The second-order valence-corrected chi connectivity index (χ2v) is 6.65. The van der Waals surface area contributed by atoms with Crippen molar-refractivity contribution in [3.63, 3.8) is 0 Å². The van der Waals surface area contributed by atoms with E-state index in [1.165, 1.54) is 11.1 Å². The zero-order valence-corrected chi connectivity index (χ0v) is 16.8. The van der Waals surface area contributed by atoms with E-state index in [0.29, 0.717) is 12.2 Å². The molecule has 0 radical (unpaired) electrons. The molecule has 5 rings (SSSR count). The van der Waals surface area contributed by atoms with Gasteiger partial charge in [-0.3, -0.25) is 0 Å². The molecule has 3 heteroatoms. The Balaban J connectivity index is 0.000000134. The van der Waals surface area contributed by atoms with Gasteiger partial charge in [-0.1, -0.05) is 91.0 Å². The monoisotopic (exact) mass is 395 g/mol. The largest absolute Gasteiger partial charge is 0.457 e. The summed E-state index contributed by atoms with van der Waals surface area (Å²) in [6.45, 7) is 0.439. The molecule has 0 aromatic heterocycles. The summed E-state index contributed by atoms with van der Waals surface area (Å²) < 4.78 is 4.78. The van der Waals surface area contributed by atoms with Crippen LogP contribution in [0.2, 0.25) is 0 Å². The molecule has 3 aromatic rings. The van der Waals surface area contributed by atoms with Gasteiger partial charge >= 0.3 is 5.97 Å². The predicted octanol–water partition coefficient (Wildman–Crippen LogP) is 5.81. The van der Waals surface area contributed by atoms with Crippen molar-refractivity contribution in [2.24, 2.45) is 0 Å². The number of esters is 1. The minimum atomic E-state index is -0.199. The molecule has 0 spiro atoms. The van der Waals surface area contributed by atoms with Crippen molar-refractivity contribution in [1.29, 1.82) is 0 Å². The smallest absolute Gasteiger partial charge is 0.338 e. The molecule has 0 saturated heterocycles. The molecule has 0 saturated carbocycles. The maximum Gasteiger partial charge on any atom is 0.338 e. The topological polar surface area (TPSA) is 38.3 Å². The summed E-state index contributed by atoms with van der Waals surface area (Å²) in [6.07, 6.45) is 12.6. The van der Waals surface area contributed by atoms with Crippen LogP contribution in [0.5, 0.6) is 0 Å². The first kappa shape index (κ1) is 20.9. The van der Waals surface area contributed by atoms with E-state index in [1.54, 1.807) is 6.07 Å². The number of carbonyl (C=O) groups is 1. The van der Waals surface area contributed by atoms with E-state index in [4.69, 9.17) is 4.74 Å². The first-order chi connectivity index (χ1) is 14.8. The first-order valence-electron chi connectivity index (χ1n) is 9.90. The summed E-state index contributed by atoms with van der Waals surface area (Å²) in [4.78, 5) is 10.8. The summed E-state index contributed by atoms with van der Waals surface area (Å²) in [5, 5.41) is 2.92. The minimum Gasteiger partial charge on any atom is -0.457 e. The highest BCUT2D eigenvalue weighted by atomic mass is 16.5. The lowest BCUT2D eigenvalue weighted by molar-refractivity contribution is 0.0535. The minimum absolute atomic E-state index is 0.199. The first-order valence-corrected chi connectivity index (χ1v) is 9.90. The number of cyclic esters (lactones) is 1. The van der Waals surface area contributed by atoms with E-state index in [0.717, 1.165) is 12.0 Å². The highest BCUT2D eigenvalue weighted by Gasteiger charge is 2.18. The molecule has 2 aliphatic rings. The highest BCUT2D eigenvalue weighted by Crippen LogP contribution is 2.18. The predicted molar refractivity (Wildman–Crippen MR) is 122 cm³/mol. The second kappa shape index (κ2) is 11.9. The number of hydrogen-bond donors (Lipinski definition) is 1. The van der Waals surface area contributed by atoms with Crippen molar-refractivity contribution in [2.75, 3.05) is 0 Å². The van der Waals surface area contributed by atoms with Crippen LogP contribution in [0.4, 0.5) is 0 Å². The molecule has 2 aliphatic heterocycles. The second-order valence-electron chi connectivity index (χ2n) is 6.65. The van der Waals surface area contributed by atoms with Gasteiger partial charge < -0.3 is 10.1 Å². The molecule has 0 atom stereocenters. The van der Waals surface area contributed by atoms with Crippen LogP contribution in [-0.2, 0) is 17.8 Å². The van der Waals surface area contributed by atoms with E-state index in [2.05, 4.69) is 66.0 Å². The Morgan fingerprint density at radius 3 is 1.77 bits per heavy atom. The van der Waals surface area contributed by atoms with E-state index in [1.807, 2.05) is 54.9 Å². The van der Waals surface area contributed by atoms with Crippen LogP contribution in [0.25, 0.3) is 0 Å². The van der Waals surface area contributed by atoms with Gasteiger partial charge in [-0.15, -0.1) is 0 Å². The molecule has 0 fully saturated rings. The fourth-order valence-corrected chi connectivity index (χ4v) is 2.90. The third-order valence-corrected chi connectivity index (χ3v) is 4.41. The van der Waals surface area contributed by atoms with Crippen LogP contribution in [0.1, 0.15) is 27.0 Å². The zero-order valence-electron chi connectivity index (χ0n) is 16.8. The number of carbonyl (C=O) groups excluding carboxylic acids is 1. The summed E-state index contributed by atoms with van der Waals surface area (Å²) in [7, 11) is 0. The lowest BCUT2D eigenvalue weighted by atomic mass is 10.1. The summed E-state index contributed by atoms with van der Waals surface area (Å²) in [5.74, 6) is -0.199. The summed E-state index contributed by atoms with van der Waals surface area (Å²) in [6, 6.07) is 28.5. The summed E-state index contributed by atoms with van der Waals surface area (Å²) >= 11 is 0. The van der Waals surface area contributed by atoms with Gasteiger partial charge in [0.2, 0.25) is 0 Å². The maximum absolute atomic E-state index is 10.8. The van der Waals surface area contributed by atoms with Gasteiger partial charge in [-0.2, -0.15) is 0 Å². The number of ether oxygens (including phenoxy) is 1. The van der Waals surface area contributed by atoms with Gasteiger partial charge in [0.25, 0.3) is 0 Å². The molecular formula is C27H25NO2. The SMILES string of the molecule is C1=CC=CNC=C1.O=C1OCc2ccccc21.c1ccc(Cc2ccccc2)cc1. The molecule has 30 heavy (non-hydrogen) atoms. The Morgan fingerprint density at radius 1 is 0.667 bits per heavy atom. The molecule has 0 aliphatic carbocycles. The average Bonchev–Trinajstić information content (AvgIpc) is 2.99. The van der Waals surface area contributed by atoms with Crippen molar-refractivity contribution >= 4 is 5.97 Å². The quantitative estimate of drug-likeness (QED) is 0.557. The Labute approximate surface area is 178 Å². The van der Waals surface area contributed by atoms with Crippen molar-refractivity contribution in [3.05, 3.63) is 144 Å². The maximum atomic E-state index is 10.8. The van der Waals surface area contributed by atoms with E-state index < -0.39 is 0 Å². The number of fused-ring (bicyclic) bond motifs is 1. The number of nitrogens with one attached hydrogen (secondary N) is 1. The van der Waals surface area contributed by atoms with Gasteiger partial charge in [0.05, 0.1) is 5.56 Å². The van der Waals surface area contributed by atoms with Crippen molar-refractivity contribution in [3.8, 4) is 0 Å². The Bertz CT molecular complexity index is 954.